The van der Waals surface area contributed by atoms with E-state index < -0.39 is 5.60 Å². The first-order valence-corrected chi connectivity index (χ1v) is 5.81. The minimum Gasteiger partial charge on any atom is -0.508 e. The van der Waals surface area contributed by atoms with Crippen molar-refractivity contribution >= 4 is 16.7 Å². The van der Waals surface area contributed by atoms with Crippen LogP contribution in [0.2, 0.25) is 0 Å². The molecule has 2 aromatic rings. The van der Waals surface area contributed by atoms with E-state index in [1.165, 1.54) is 0 Å². The zero-order valence-electron chi connectivity index (χ0n) is 10.7. The van der Waals surface area contributed by atoms with Gasteiger partial charge in [0.1, 0.15) is 11.4 Å². The van der Waals surface area contributed by atoms with E-state index in [4.69, 9.17) is 4.74 Å². The Morgan fingerprint density at radius 1 is 1.06 bits per heavy atom. The number of benzene rings is 2. The zero-order valence-corrected chi connectivity index (χ0v) is 10.7. The first-order valence-electron chi connectivity index (χ1n) is 5.81. The van der Waals surface area contributed by atoms with Crippen LogP contribution in [0.25, 0.3) is 10.8 Å². The number of phenolic OH excluding ortho intramolecular Hbond substituents is 1. The van der Waals surface area contributed by atoms with Crippen molar-refractivity contribution < 1.29 is 14.6 Å². The lowest BCUT2D eigenvalue weighted by atomic mass is 10.1. The molecule has 2 rings (SSSR count). The highest BCUT2D eigenvalue weighted by Crippen LogP contribution is 2.22. The molecule has 3 nitrogen and oxygen atoms in total. The molecule has 2 aromatic carbocycles. The van der Waals surface area contributed by atoms with Crippen molar-refractivity contribution in [2.24, 2.45) is 0 Å². The van der Waals surface area contributed by atoms with E-state index in [1.807, 2.05) is 20.8 Å². The number of carbonyl (C=O) groups excluding carboxylic acids is 1. The van der Waals surface area contributed by atoms with Crippen LogP contribution in [0.15, 0.2) is 36.4 Å². The predicted octanol–water partition coefficient (Wildman–Crippen LogP) is 3.50. The molecule has 0 bridgehead atoms. The third-order valence-electron chi connectivity index (χ3n) is 2.46. The molecule has 0 aliphatic carbocycles. The molecule has 0 fully saturated rings. The van der Waals surface area contributed by atoms with Crippen molar-refractivity contribution in [2.45, 2.75) is 26.4 Å². The molecule has 0 unspecified atom stereocenters. The van der Waals surface area contributed by atoms with Gasteiger partial charge in [-0.15, -0.1) is 0 Å². The first kappa shape index (κ1) is 12.4. The third kappa shape index (κ3) is 2.80. The number of esters is 1. The summed E-state index contributed by atoms with van der Waals surface area (Å²) in [6, 6.07) is 10.3. The normalized spacial score (nSPS) is 11.5. The summed E-state index contributed by atoms with van der Waals surface area (Å²) < 4.78 is 5.31. The van der Waals surface area contributed by atoms with Crippen LogP contribution >= 0.6 is 0 Å². The molecular weight excluding hydrogens is 228 g/mol. The van der Waals surface area contributed by atoms with E-state index in [0.29, 0.717) is 5.56 Å². The molecule has 0 radical (unpaired) electrons. The van der Waals surface area contributed by atoms with Gasteiger partial charge in [-0.3, -0.25) is 0 Å². The summed E-state index contributed by atoms with van der Waals surface area (Å²) in [5, 5.41) is 11.2. The Labute approximate surface area is 106 Å². The largest absolute Gasteiger partial charge is 0.508 e. The number of aromatic hydroxyl groups is 1. The number of ether oxygens (including phenoxy) is 1. The van der Waals surface area contributed by atoms with Gasteiger partial charge in [-0.1, -0.05) is 12.1 Å². The Balaban J connectivity index is 2.36. The summed E-state index contributed by atoms with van der Waals surface area (Å²) in [7, 11) is 0. The fraction of sp³-hybridized carbons (Fsp3) is 0.267. The molecule has 18 heavy (non-hydrogen) atoms. The molecule has 0 spiro atoms. The van der Waals surface area contributed by atoms with Gasteiger partial charge in [0.25, 0.3) is 0 Å². The molecule has 0 aromatic heterocycles. The Hall–Kier alpha value is -2.03. The number of carbonyl (C=O) groups is 1. The highest BCUT2D eigenvalue weighted by molar-refractivity contribution is 5.95. The maximum atomic E-state index is 11.9. The van der Waals surface area contributed by atoms with E-state index in [-0.39, 0.29) is 11.7 Å². The molecule has 94 valence electrons. The maximum Gasteiger partial charge on any atom is 0.338 e. The van der Waals surface area contributed by atoms with Gasteiger partial charge in [0.15, 0.2) is 0 Å². The Kier molecular flexibility index (Phi) is 2.99. The highest BCUT2D eigenvalue weighted by Gasteiger charge is 2.17. The SMILES string of the molecule is CC(C)(C)OC(=O)c1ccc2cc(O)ccc2c1. The van der Waals surface area contributed by atoms with Gasteiger partial charge in [0, 0.05) is 0 Å². The van der Waals surface area contributed by atoms with Gasteiger partial charge in [-0.2, -0.15) is 0 Å². The molecule has 0 amide bonds. The minimum atomic E-state index is -0.499. The number of rotatable bonds is 1. The molecule has 0 atom stereocenters. The highest BCUT2D eigenvalue weighted by atomic mass is 16.6. The van der Waals surface area contributed by atoms with Crippen molar-refractivity contribution in [1.82, 2.24) is 0 Å². The van der Waals surface area contributed by atoms with Crippen LogP contribution in [-0.2, 0) is 4.74 Å². The third-order valence-corrected chi connectivity index (χ3v) is 2.46. The fourth-order valence-electron chi connectivity index (χ4n) is 1.70. The smallest absolute Gasteiger partial charge is 0.338 e. The molecule has 0 saturated carbocycles. The lowest BCUT2D eigenvalue weighted by Gasteiger charge is -2.19. The Morgan fingerprint density at radius 3 is 2.33 bits per heavy atom. The summed E-state index contributed by atoms with van der Waals surface area (Å²) in [4.78, 5) is 11.9. The van der Waals surface area contributed by atoms with Gasteiger partial charge in [-0.05, 0) is 55.8 Å². The quantitative estimate of drug-likeness (QED) is 0.781. The summed E-state index contributed by atoms with van der Waals surface area (Å²) in [6.07, 6.45) is 0. The number of hydrogen-bond acceptors (Lipinski definition) is 3. The van der Waals surface area contributed by atoms with Crippen molar-refractivity contribution in [1.29, 1.82) is 0 Å². The second kappa shape index (κ2) is 4.33. The van der Waals surface area contributed by atoms with E-state index >= 15 is 0 Å². The van der Waals surface area contributed by atoms with Gasteiger partial charge < -0.3 is 9.84 Å². The number of hydrogen-bond donors (Lipinski definition) is 1. The van der Waals surface area contributed by atoms with Crippen molar-refractivity contribution in [3.05, 3.63) is 42.0 Å². The number of phenols is 1. The Morgan fingerprint density at radius 2 is 1.67 bits per heavy atom. The molecule has 0 heterocycles. The second-order valence-corrected chi connectivity index (χ2v) is 5.25. The van der Waals surface area contributed by atoms with Crippen LogP contribution in [0, 0.1) is 0 Å². The summed E-state index contributed by atoms with van der Waals surface area (Å²) in [5.74, 6) is -0.120. The van der Waals surface area contributed by atoms with Crippen LogP contribution in [0.5, 0.6) is 5.75 Å². The lowest BCUT2D eigenvalue weighted by Crippen LogP contribution is -2.23. The predicted molar refractivity (Wildman–Crippen MR) is 70.8 cm³/mol. The minimum absolute atomic E-state index is 0.215. The second-order valence-electron chi connectivity index (χ2n) is 5.25. The Bertz CT molecular complexity index is 594. The van der Waals surface area contributed by atoms with Crippen molar-refractivity contribution in [3.8, 4) is 5.75 Å². The van der Waals surface area contributed by atoms with Crippen LogP contribution in [-0.4, -0.2) is 16.7 Å². The van der Waals surface area contributed by atoms with Crippen LogP contribution in [0.4, 0.5) is 0 Å². The molecule has 0 aliphatic rings. The van der Waals surface area contributed by atoms with E-state index in [9.17, 15) is 9.90 Å². The zero-order chi connectivity index (χ0) is 13.3. The standard InChI is InChI=1S/C15H16O3/c1-15(2,3)18-14(17)12-5-4-11-9-13(16)7-6-10(11)8-12/h4-9,16H,1-3H3. The molecular formula is C15H16O3. The van der Waals surface area contributed by atoms with Crippen molar-refractivity contribution in [3.63, 3.8) is 0 Å². The van der Waals surface area contributed by atoms with Gasteiger partial charge in [-0.25, -0.2) is 4.79 Å². The van der Waals surface area contributed by atoms with Gasteiger partial charge >= 0.3 is 5.97 Å². The molecule has 0 saturated heterocycles. The first-order chi connectivity index (χ1) is 8.35. The fourth-order valence-corrected chi connectivity index (χ4v) is 1.70. The van der Waals surface area contributed by atoms with E-state index in [0.717, 1.165) is 10.8 Å². The summed E-state index contributed by atoms with van der Waals surface area (Å²) in [5.41, 5.74) is 0.0178. The van der Waals surface area contributed by atoms with E-state index in [2.05, 4.69) is 0 Å². The van der Waals surface area contributed by atoms with Crippen molar-refractivity contribution in [2.75, 3.05) is 0 Å². The average molecular weight is 244 g/mol. The lowest BCUT2D eigenvalue weighted by molar-refractivity contribution is 0.00697. The molecule has 3 heteroatoms. The van der Waals surface area contributed by atoms with Crippen LogP contribution in [0.1, 0.15) is 31.1 Å². The van der Waals surface area contributed by atoms with Crippen LogP contribution < -0.4 is 0 Å². The number of fused-ring (bicyclic) bond motifs is 1. The summed E-state index contributed by atoms with van der Waals surface area (Å²) in [6.45, 7) is 5.51. The average Bonchev–Trinajstić information content (AvgIpc) is 2.26. The van der Waals surface area contributed by atoms with E-state index in [1.54, 1.807) is 36.4 Å². The summed E-state index contributed by atoms with van der Waals surface area (Å²) >= 11 is 0. The molecule has 1 N–H and O–H groups in total. The topological polar surface area (TPSA) is 46.5 Å². The van der Waals surface area contributed by atoms with Gasteiger partial charge in [0.2, 0.25) is 0 Å². The molecule has 0 aliphatic heterocycles. The maximum absolute atomic E-state index is 11.9. The van der Waals surface area contributed by atoms with Crippen LogP contribution in [0.3, 0.4) is 0 Å². The van der Waals surface area contributed by atoms with Gasteiger partial charge in [0.05, 0.1) is 5.56 Å². The monoisotopic (exact) mass is 244 g/mol.